The van der Waals surface area contributed by atoms with Crippen LogP contribution >= 0.6 is 28.3 Å². The van der Waals surface area contributed by atoms with Gasteiger partial charge in [-0.25, -0.2) is 0 Å². The van der Waals surface area contributed by atoms with Gasteiger partial charge >= 0.3 is 0 Å². The normalized spacial score (nSPS) is 13.8. The Kier molecular flexibility index (Phi) is 6.14. The molecule has 1 amide bonds. The summed E-state index contributed by atoms with van der Waals surface area (Å²) >= 11 is 3.36. The Morgan fingerprint density at radius 3 is 2.68 bits per heavy atom. The standard InChI is InChI=1S/C14H19BrN2O.ClH/c1-2-7-17(9-10-3-4-10)14(18)12-6-5-11(15)8-13(12)16;/h5-6,8,10H,2-4,7,9,16H2,1H3;1H. The fraction of sp³-hybridized carbons (Fsp3) is 0.500. The number of carbonyl (C=O) groups is 1. The summed E-state index contributed by atoms with van der Waals surface area (Å²) in [6.45, 7) is 3.78. The molecule has 1 fully saturated rings. The summed E-state index contributed by atoms with van der Waals surface area (Å²) in [5, 5.41) is 0. The van der Waals surface area contributed by atoms with E-state index < -0.39 is 0 Å². The number of nitrogen functional groups attached to an aromatic ring is 1. The highest BCUT2D eigenvalue weighted by Gasteiger charge is 2.27. The van der Waals surface area contributed by atoms with Gasteiger partial charge in [0.05, 0.1) is 5.56 Å². The first-order valence-corrected chi connectivity index (χ1v) is 7.25. The van der Waals surface area contributed by atoms with Crippen molar-refractivity contribution in [2.24, 2.45) is 5.92 Å². The largest absolute Gasteiger partial charge is 0.398 e. The van der Waals surface area contributed by atoms with Crippen molar-refractivity contribution in [3.8, 4) is 0 Å². The fourth-order valence-corrected chi connectivity index (χ4v) is 2.44. The minimum Gasteiger partial charge on any atom is -0.398 e. The molecule has 2 rings (SSSR count). The van der Waals surface area contributed by atoms with Crippen molar-refractivity contribution in [2.75, 3.05) is 18.8 Å². The number of rotatable bonds is 5. The molecule has 0 radical (unpaired) electrons. The Labute approximate surface area is 129 Å². The lowest BCUT2D eigenvalue weighted by Crippen LogP contribution is -2.34. The lowest BCUT2D eigenvalue weighted by Gasteiger charge is -2.22. The van der Waals surface area contributed by atoms with Crippen LogP contribution in [-0.4, -0.2) is 23.9 Å². The second-order valence-electron chi connectivity index (χ2n) is 4.93. The highest BCUT2D eigenvalue weighted by molar-refractivity contribution is 9.10. The van der Waals surface area contributed by atoms with Crippen LogP contribution in [0.4, 0.5) is 5.69 Å². The second-order valence-corrected chi connectivity index (χ2v) is 5.84. The number of anilines is 1. The van der Waals surface area contributed by atoms with Crippen molar-refractivity contribution in [2.45, 2.75) is 26.2 Å². The minimum absolute atomic E-state index is 0. The van der Waals surface area contributed by atoms with Crippen molar-refractivity contribution in [1.29, 1.82) is 0 Å². The molecule has 3 nitrogen and oxygen atoms in total. The van der Waals surface area contributed by atoms with E-state index in [1.54, 1.807) is 12.1 Å². The van der Waals surface area contributed by atoms with Gasteiger partial charge in [-0.1, -0.05) is 22.9 Å². The first kappa shape index (κ1) is 16.3. The molecule has 0 unspecified atom stereocenters. The number of hydrogen-bond acceptors (Lipinski definition) is 2. The zero-order valence-electron chi connectivity index (χ0n) is 11.1. The zero-order chi connectivity index (χ0) is 13.1. The van der Waals surface area contributed by atoms with Crippen LogP contribution in [-0.2, 0) is 0 Å². The second kappa shape index (κ2) is 7.15. The van der Waals surface area contributed by atoms with Crippen molar-refractivity contribution >= 4 is 39.9 Å². The third-order valence-corrected chi connectivity index (χ3v) is 3.69. The number of halogens is 2. The van der Waals surface area contributed by atoms with E-state index in [9.17, 15) is 4.79 Å². The van der Waals surface area contributed by atoms with Gasteiger partial charge in [0, 0.05) is 23.2 Å². The monoisotopic (exact) mass is 346 g/mol. The van der Waals surface area contributed by atoms with Gasteiger partial charge in [0.1, 0.15) is 0 Å². The fourth-order valence-electron chi connectivity index (χ4n) is 2.06. The Hall–Kier alpha value is -0.740. The van der Waals surface area contributed by atoms with Crippen LogP contribution in [0.3, 0.4) is 0 Å². The molecule has 1 saturated carbocycles. The van der Waals surface area contributed by atoms with Crippen molar-refractivity contribution < 1.29 is 4.79 Å². The Morgan fingerprint density at radius 2 is 2.16 bits per heavy atom. The van der Waals surface area contributed by atoms with Crippen molar-refractivity contribution in [3.05, 3.63) is 28.2 Å². The molecular weight excluding hydrogens is 328 g/mol. The van der Waals surface area contributed by atoms with Crippen LogP contribution in [0.25, 0.3) is 0 Å². The minimum atomic E-state index is 0. The predicted octanol–water partition coefficient (Wildman–Crippen LogP) is 3.72. The maximum atomic E-state index is 12.5. The highest BCUT2D eigenvalue weighted by Crippen LogP contribution is 2.30. The number of benzene rings is 1. The maximum Gasteiger partial charge on any atom is 0.255 e. The summed E-state index contributed by atoms with van der Waals surface area (Å²) in [5.41, 5.74) is 7.09. The molecule has 0 saturated heterocycles. The average molecular weight is 348 g/mol. The molecule has 19 heavy (non-hydrogen) atoms. The first-order valence-electron chi connectivity index (χ1n) is 6.46. The topological polar surface area (TPSA) is 46.3 Å². The number of amides is 1. The number of nitrogens with zero attached hydrogens (tertiary/aromatic N) is 1. The SMILES string of the molecule is CCCN(CC1CC1)C(=O)c1ccc(Br)cc1N.Cl. The van der Waals surface area contributed by atoms with Crippen LogP contribution < -0.4 is 5.73 Å². The smallest absolute Gasteiger partial charge is 0.255 e. The first-order chi connectivity index (χ1) is 8.61. The summed E-state index contributed by atoms with van der Waals surface area (Å²) in [6, 6.07) is 5.45. The van der Waals surface area contributed by atoms with Crippen LogP contribution in [0, 0.1) is 5.92 Å². The number of carbonyl (C=O) groups excluding carboxylic acids is 1. The third kappa shape index (κ3) is 4.39. The Morgan fingerprint density at radius 1 is 1.47 bits per heavy atom. The summed E-state index contributed by atoms with van der Waals surface area (Å²) in [4.78, 5) is 14.4. The molecule has 1 aromatic rings. The van der Waals surface area contributed by atoms with Gasteiger partial charge in [0.25, 0.3) is 5.91 Å². The molecule has 1 aliphatic carbocycles. The molecule has 1 aromatic carbocycles. The van der Waals surface area contributed by atoms with E-state index >= 15 is 0 Å². The molecular formula is C14H20BrClN2O. The van der Waals surface area contributed by atoms with Gasteiger partial charge in [0.2, 0.25) is 0 Å². The molecule has 2 N–H and O–H groups in total. The highest BCUT2D eigenvalue weighted by atomic mass is 79.9. The third-order valence-electron chi connectivity index (χ3n) is 3.20. The number of nitrogens with two attached hydrogens (primary N) is 1. The molecule has 0 heterocycles. The van der Waals surface area contributed by atoms with Gasteiger partial charge in [-0.3, -0.25) is 4.79 Å². The quantitative estimate of drug-likeness (QED) is 0.825. The van der Waals surface area contributed by atoms with Crippen LogP contribution in [0.1, 0.15) is 36.5 Å². The number of hydrogen-bond donors (Lipinski definition) is 1. The lowest BCUT2D eigenvalue weighted by atomic mass is 10.1. The lowest BCUT2D eigenvalue weighted by molar-refractivity contribution is 0.0749. The Bertz CT molecular complexity index is 449. The summed E-state index contributed by atoms with van der Waals surface area (Å²) in [5.74, 6) is 0.769. The Balaban J connectivity index is 0.00000180. The molecule has 0 aliphatic heterocycles. The van der Waals surface area contributed by atoms with E-state index in [4.69, 9.17) is 5.73 Å². The zero-order valence-corrected chi connectivity index (χ0v) is 13.5. The van der Waals surface area contributed by atoms with E-state index in [0.717, 1.165) is 24.0 Å². The summed E-state index contributed by atoms with van der Waals surface area (Å²) in [6.07, 6.45) is 3.49. The average Bonchev–Trinajstić information content (AvgIpc) is 3.11. The van der Waals surface area contributed by atoms with E-state index in [0.29, 0.717) is 17.2 Å². The van der Waals surface area contributed by atoms with Gasteiger partial charge in [0.15, 0.2) is 0 Å². The van der Waals surface area contributed by atoms with Crippen LogP contribution in [0.5, 0.6) is 0 Å². The van der Waals surface area contributed by atoms with Gasteiger partial charge in [-0.15, -0.1) is 12.4 Å². The van der Waals surface area contributed by atoms with Gasteiger partial charge in [-0.05, 0) is 43.4 Å². The molecule has 0 atom stereocenters. The maximum absolute atomic E-state index is 12.5. The molecule has 106 valence electrons. The van der Waals surface area contributed by atoms with E-state index in [-0.39, 0.29) is 18.3 Å². The molecule has 1 aliphatic rings. The van der Waals surface area contributed by atoms with Crippen molar-refractivity contribution in [1.82, 2.24) is 4.90 Å². The molecule has 0 spiro atoms. The molecule has 5 heteroatoms. The molecule has 0 bridgehead atoms. The van der Waals surface area contributed by atoms with Crippen LogP contribution in [0.2, 0.25) is 0 Å². The van der Waals surface area contributed by atoms with E-state index in [1.165, 1.54) is 12.8 Å². The van der Waals surface area contributed by atoms with Gasteiger partial charge < -0.3 is 10.6 Å². The predicted molar refractivity (Wildman–Crippen MR) is 84.7 cm³/mol. The van der Waals surface area contributed by atoms with Crippen LogP contribution in [0.15, 0.2) is 22.7 Å². The molecule has 0 aromatic heterocycles. The summed E-state index contributed by atoms with van der Waals surface area (Å²) in [7, 11) is 0. The van der Waals surface area contributed by atoms with Gasteiger partial charge in [-0.2, -0.15) is 0 Å². The van der Waals surface area contributed by atoms with E-state index in [1.807, 2.05) is 11.0 Å². The van der Waals surface area contributed by atoms with E-state index in [2.05, 4.69) is 22.9 Å². The van der Waals surface area contributed by atoms with Crippen molar-refractivity contribution in [3.63, 3.8) is 0 Å². The summed E-state index contributed by atoms with van der Waals surface area (Å²) < 4.78 is 0.904.